The van der Waals surface area contributed by atoms with E-state index in [2.05, 4.69) is 54.8 Å². The predicted octanol–water partition coefficient (Wildman–Crippen LogP) is 3.43. The second kappa shape index (κ2) is 9.26. The summed E-state index contributed by atoms with van der Waals surface area (Å²) in [5, 5.41) is 21.8. The lowest BCUT2D eigenvalue weighted by Gasteiger charge is -2.20. The van der Waals surface area contributed by atoms with Gasteiger partial charge in [0, 0.05) is 49.8 Å². The van der Waals surface area contributed by atoms with Crippen LogP contribution in [0, 0.1) is 17.2 Å². The SMILES string of the molecule is C[C@H](CO)NC[C@H]1CCN(c2ccc3c(n2)Cn2cc(-c4ccc(C#N)cc4)cc2-c2nccn2-3)C1. The van der Waals surface area contributed by atoms with Gasteiger partial charge in [0.25, 0.3) is 0 Å². The van der Waals surface area contributed by atoms with Gasteiger partial charge in [0.05, 0.1) is 41.9 Å². The van der Waals surface area contributed by atoms with Crippen LogP contribution in [0.25, 0.3) is 28.3 Å². The van der Waals surface area contributed by atoms with Crippen molar-refractivity contribution in [3.05, 3.63) is 72.3 Å². The van der Waals surface area contributed by atoms with Crippen LogP contribution in [0.5, 0.6) is 0 Å². The number of aliphatic hydroxyl groups excluding tert-OH is 1. The van der Waals surface area contributed by atoms with E-state index in [1.807, 2.05) is 43.6 Å². The van der Waals surface area contributed by atoms with Crippen molar-refractivity contribution in [2.45, 2.75) is 25.9 Å². The number of rotatable bonds is 6. The maximum absolute atomic E-state index is 9.28. The minimum atomic E-state index is 0.124. The van der Waals surface area contributed by atoms with E-state index >= 15 is 0 Å². The zero-order valence-electron chi connectivity index (χ0n) is 20.3. The molecule has 2 aliphatic rings. The van der Waals surface area contributed by atoms with Crippen molar-refractivity contribution in [1.29, 1.82) is 5.26 Å². The summed E-state index contributed by atoms with van der Waals surface area (Å²) in [6.45, 7) is 5.68. The first-order valence-corrected chi connectivity index (χ1v) is 12.5. The molecule has 2 aliphatic heterocycles. The Kier molecular flexibility index (Phi) is 5.80. The van der Waals surface area contributed by atoms with Crippen LogP contribution in [-0.4, -0.2) is 56.5 Å². The van der Waals surface area contributed by atoms with Crippen molar-refractivity contribution in [3.63, 3.8) is 0 Å². The Morgan fingerprint density at radius 3 is 2.86 bits per heavy atom. The summed E-state index contributed by atoms with van der Waals surface area (Å²) in [5.41, 5.74) is 5.94. The number of nitrogens with one attached hydrogen (secondary N) is 1. The Bertz CT molecular complexity index is 1430. The van der Waals surface area contributed by atoms with Crippen LogP contribution in [0.15, 0.2) is 61.1 Å². The highest BCUT2D eigenvalue weighted by Gasteiger charge is 2.26. The number of pyridine rings is 1. The number of nitriles is 1. The molecule has 8 heteroatoms. The lowest BCUT2D eigenvalue weighted by Crippen LogP contribution is -2.34. The number of aromatic nitrogens is 4. The van der Waals surface area contributed by atoms with E-state index in [1.54, 1.807) is 0 Å². The molecule has 0 spiro atoms. The molecule has 3 aromatic heterocycles. The normalized spacial score (nSPS) is 17.1. The summed E-state index contributed by atoms with van der Waals surface area (Å²) in [7, 11) is 0. The molecule has 0 aliphatic carbocycles. The summed E-state index contributed by atoms with van der Waals surface area (Å²) >= 11 is 0. The molecule has 1 fully saturated rings. The quantitative estimate of drug-likeness (QED) is 0.388. The third-order valence-corrected chi connectivity index (χ3v) is 7.27. The average Bonchev–Trinajstić information content (AvgIpc) is 3.66. The van der Waals surface area contributed by atoms with E-state index in [9.17, 15) is 5.11 Å². The third-order valence-electron chi connectivity index (χ3n) is 7.27. The minimum Gasteiger partial charge on any atom is -0.395 e. The molecule has 1 aromatic carbocycles. The van der Waals surface area contributed by atoms with E-state index in [0.29, 0.717) is 18.0 Å². The van der Waals surface area contributed by atoms with Crippen LogP contribution in [0.1, 0.15) is 24.6 Å². The van der Waals surface area contributed by atoms with E-state index in [4.69, 9.17) is 10.2 Å². The van der Waals surface area contributed by atoms with Gasteiger partial charge in [0.15, 0.2) is 5.82 Å². The van der Waals surface area contributed by atoms with E-state index in [-0.39, 0.29) is 12.6 Å². The van der Waals surface area contributed by atoms with Gasteiger partial charge in [-0.2, -0.15) is 5.26 Å². The van der Waals surface area contributed by atoms with Crippen molar-refractivity contribution in [2.75, 3.05) is 31.1 Å². The Balaban J connectivity index is 1.30. The summed E-state index contributed by atoms with van der Waals surface area (Å²) < 4.78 is 4.35. The van der Waals surface area contributed by atoms with Crippen LogP contribution in [0.2, 0.25) is 0 Å². The van der Waals surface area contributed by atoms with Crippen LogP contribution in [0.3, 0.4) is 0 Å². The first-order valence-electron chi connectivity index (χ1n) is 12.5. The van der Waals surface area contributed by atoms with Crippen molar-refractivity contribution in [2.24, 2.45) is 5.92 Å². The minimum absolute atomic E-state index is 0.124. The standard InChI is InChI=1S/C28H29N7O/c1-19(18-36)31-14-21-8-10-33(15-21)27-7-6-25-24(32-27)17-34-16-23(22-4-2-20(13-29)3-5-22)12-26(34)28-30-9-11-35(25)28/h2-7,9,11-12,16,19,21,31,36H,8,10,14-15,17-18H2,1H3/t19-,21-/m1/s1. The molecule has 8 nitrogen and oxygen atoms in total. The van der Waals surface area contributed by atoms with Gasteiger partial charge in [-0.05, 0) is 55.2 Å². The van der Waals surface area contributed by atoms with Crippen molar-refractivity contribution in [1.82, 2.24) is 24.4 Å². The van der Waals surface area contributed by atoms with Gasteiger partial charge in [-0.1, -0.05) is 12.1 Å². The first-order chi connectivity index (χ1) is 17.6. The highest BCUT2D eigenvalue weighted by Crippen LogP contribution is 2.34. The van der Waals surface area contributed by atoms with Gasteiger partial charge >= 0.3 is 0 Å². The molecule has 0 bridgehead atoms. The second-order valence-corrected chi connectivity index (χ2v) is 9.78. The topological polar surface area (TPSA) is 94.9 Å². The van der Waals surface area contributed by atoms with Gasteiger partial charge in [-0.25, -0.2) is 9.97 Å². The number of hydrogen-bond donors (Lipinski definition) is 2. The Morgan fingerprint density at radius 1 is 1.19 bits per heavy atom. The summed E-state index contributed by atoms with van der Waals surface area (Å²) in [6.07, 6.45) is 7.10. The van der Waals surface area contributed by atoms with Crippen molar-refractivity contribution < 1.29 is 5.11 Å². The number of aliphatic hydroxyl groups is 1. The fourth-order valence-corrected chi connectivity index (χ4v) is 5.21. The molecular weight excluding hydrogens is 450 g/mol. The molecule has 36 heavy (non-hydrogen) atoms. The first kappa shape index (κ1) is 22.5. The number of benzene rings is 1. The zero-order chi connectivity index (χ0) is 24.6. The number of fused-ring (bicyclic) bond motifs is 5. The van der Waals surface area contributed by atoms with Gasteiger partial charge in [-0.3, -0.25) is 4.57 Å². The lowest BCUT2D eigenvalue weighted by atomic mass is 10.1. The monoisotopic (exact) mass is 479 g/mol. The molecule has 0 amide bonds. The van der Waals surface area contributed by atoms with Gasteiger partial charge < -0.3 is 19.9 Å². The fraction of sp³-hybridized carbons (Fsp3) is 0.321. The number of anilines is 1. The van der Waals surface area contributed by atoms with Gasteiger partial charge in [0.1, 0.15) is 5.82 Å². The number of imidazole rings is 1. The highest BCUT2D eigenvalue weighted by atomic mass is 16.3. The molecule has 0 unspecified atom stereocenters. The van der Waals surface area contributed by atoms with Crippen molar-refractivity contribution in [3.8, 4) is 34.4 Å². The summed E-state index contributed by atoms with van der Waals surface area (Å²) in [6, 6.07) is 16.4. The smallest absolute Gasteiger partial charge is 0.161 e. The Hall–Kier alpha value is -3.93. The summed E-state index contributed by atoms with van der Waals surface area (Å²) in [4.78, 5) is 12.2. The molecule has 5 heterocycles. The van der Waals surface area contributed by atoms with E-state index in [0.717, 1.165) is 65.9 Å². The maximum atomic E-state index is 9.28. The highest BCUT2D eigenvalue weighted by molar-refractivity contribution is 5.72. The largest absolute Gasteiger partial charge is 0.395 e. The van der Waals surface area contributed by atoms with Crippen LogP contribution >= 0.6 is 0 Å². The van der Waals surface area contributed by atoms with Gasteiger partial charge in [0.2, 0.25) is 0 Å². The molecule has 0 saturated carbocycles. The number of hydrogen-bond acceptors (Lipinski definition) is 6. The van der Waals surface area contributed by atoms with Gasteiger partial charge in [-0.15, -0.1) is 0 Å². The predicted molar refractivity (Wildman–Crippen MR) is 139 cm³/mol. The fourth-order valence-electron chi connectivity index (χ4n) is 5.21. The maximum Gasteiger partial charge on any atom is 0.161 e. The lowest BCUT2D eigenvalue weighted by molar-refractivity contribution is 0.247. The molecular formula is C28H29N7O. The Labute approximate surface area is 210 Å². The zero-order valence-corrected chi connectivity index (χ0v) is 20.3. The molecule has 2 N–H and O–H groups in total. The molecule has 6 rings (SSSR count). The number of nitrogens with zero attached hydrogens (tertiary/aromatic N) is 6. The van der Waals surface area contributed by atoms with Crippen LogP contribution in [0.4, 0.5) is 5.82 Å². The molecule has 1 saturated heterocycles. The molecule has 2 atom stereocenters. The Morgan fingerprint density at radius 2 is 2.06 bits per heavy atom. The van der Waals surface area contributed by atoms with Crippen LogP contribution < -0.4 is 10.2 Å². The summed E-state index contributed by atoms with van der Waals surface area (Å²) in [5.74, 6) is 2.45. The molecule has 4 aromatic rings. The molecule has 0 radical (unpaired) electrons. The van der Waals surface area contributed by atoms with Crippen molar-refractivity contribution >= 4 is 5.82 Å². The molecule has 182 valence electrons. The third kappa shape index (κ3) is 4.06. The van der Waals surface area contributed by atoms with E-state index < -0.39 is 0 Å². The second-order valence-electron chi connectivity index (χ2n) is 9.78. The average molecular weight is 480 g/mol. The van der Waals surface area contributed by atoms with E-state index in [1.165, 1.54) is 0 Å². The van der Waals surface area contributed by atoms with Crippen LogP contribution in [-0.2, 0) is 6.54 Å².